The number of hydrogen-bond acceptors (Lipinski definition) is 2. The fourth-order valence-corrected chi connectivity index (χ4v) is 7.98. The van der Waals surface area contributed by atoms with Crippen molar-refractivity contribution in [1.82, 2.24) is 0 Å². The van der Waals surface area contributed by atoms with Crippen molar-refractivity contribution in [2.45, 2.75) is 118 Å². The van der Waals surface area contributed by atoms with Gasteiger partial charge in [-0.05, 0) is 121 Å². The van der Waals surface area contributed by atoms with Gasteiger partial charge < -0.3 is 9.80 Å². The maximum atomic E-state index is 2.56. The van der Waals surface area contributed by atoms with Gasteiger partial charge in [-0.15, -0.1) is 0 Å². The van der Waals surface area contributed by atoms with E-state index in [1.807, 2.05) is 0 Å². The second-order valence-electron chi connectivity index (χ2n) is 19.1. The molecule has 5 aromatic rings. The summed E-state index contributed by atoms with van der Waals surface area (Å²) in [6, 6.07) is 38.2. The Balaban J connectivity index is 1.58. The lowest BCUT2D eigenvalue weighted by Gasteiger charge is -2.45. The van der Waals surface area contributed by atoms with E-state index in [1.54, 1.807) is 0 Å². The first kappa shape index (κ1) is 35.2. The predicted octanol–water partition coefficient (Wildman–Crippen LogP) is 11.5. The molecule has 0 unspecified atom stereocenters. The molecular formula is C48H57BN2. The molecule has 2 aliphatic heterocycles. The molecule has 2 nitrogen and oxygen atoms in total. The van der Waals surface area contributed by atoms with Crippen molar-refractivity contribution in [2.75, 3.05) is 9.80 Å². The van der Waals surface area contributed by atoms with E-state index in [1.165, 1.54) is 78.3 Å². The molecule has 0 radical (unpaired) electrons. The van der Waals surface area contributed by atoms with E-state index in [4.69, 9.17) is 0 Å². The van der Waals surface area contributed by atoms with Crippen molar-refractivity contribution < 1.29 is 0 Å². The lowest BCUT2D eigenvalue weighted by Crippen LogP contribution is -2.61. The molecular weight excluding hydrogens is 615 g/mol. The van der Waals surface area contributed by atoms with Crippen molar-refractivity contribution in [3.8, 4) is 0 Å². The van der Waals surface area contributed by atoms with E-state index >= 15 is 0 Å². The van der Waals surface area contributed by atoms with E-state index in [0.29, 0.717) is 0 Å². The third kappa shape index (κ3) is 6.11. The largest absolute Gasteiger partial charge is 0.311 e. The van der Waals surface area contributed by atoms with Crippen molar-refractivity contribution in [3.63, 3.8) is 0 Å². The monoisotopic (exact) mass is 672 g/mol. The average molecular weight is 673 g/mol. The summed E-state index contributed by atoms with van der Waals surface area (Å²) in [5.41, 5.74) is 18.7. The number of benzene rings is 5. The van der Waals surface area contributed by atoms with Crippen LogP contribution in [-0.4, -0.2) is 6.71 Å². The average Bonchev–Trinajstić information content (AvgIpc) is 3.06. The van der Waals surface area contributed by atoms with Gasteiger partial charge >= 0.3 is 0 Å². The van der Waals surface area contributed by atoms with Crippen LogP contribution in [-0.2, 0) is 28.1 Å². The Bertz CT molecular complexity index is 1960. The quantitative estimate of drug-likeness (QED) is 0.172. The van der Waals surface area contributed by atoms with Crippen LogP contribution in [0.2, 0.25) is 0 Å². The summed E-state index contributed by atoms with van der Waals surface area (Å²) in [6.45, 7) is 30.2. The second-order valence-corrected chi connectivity index (χ2v) is 19.1. The van der Waals surface area contributed by atoms with Crippen molar-refractivity contribution in [1.29, 1.82) is 0 Å². The lowest BCUT2D eigenvalue weighted by molar-refractivity contribution is 0.590. The molecule has 0 aromatic heterocycles. The van der Waals surface area contributed by atoms with E-state index in [9.17, 15) is 0 Å². The lowest BCUT2D eigenvalue weighted by atomic mass is 9.33. The predicted molar refractivity (Wildman–Crippen MR) is 225 cm³/mol. The zero-order valence-corrected chi connectivity index (χ0v) is 33.4. The highest BCUT2D eigenvalue weighted by atomic mass is 15.2. The van der Waals surface area contributed by atoms with Crippen molar-refractivity contribution >= 4 is 57.2 Å². The third-order valence-electron chi connectivity index (χ3n) is 11.2. The van der Waals surface area contributed by atoms with Crippen LogP contribution in [0.15, 0.2) is 97.1 Å². The molecule has 3 heteroatoms. The van der Waals surface area contributed by atoms with Crippen LogP contribution in [0.4, 0.5) is 34.1 Å². The molecule has 7 rings (SSSR count). The Morgan fingerprint density at radius 3 is 1.06 bits per heavy atom. The van der Waals surface area contributed by atoms with Crippen LogP contribution >= 0.6 is 0 Å². The van der Waals surface area contributed by atoms with E-state index in [0.717, 1.165) is 6.42 Å². The minimum Gasteiger partial charge on any atom is -0.311 e. The number of fused-ring (bicyclic) bond motifs is 4. The van der Waals surface area contributed by atoms with Gasteiger partial charge in [0.1, 0.15) is 0 Å². The Morgan fingerprint density at radius 2 is 0.745 bits per heavy atom. The molecule has 0 fully saturated rings. The molecule has 2 aliphatic rings. The fourth-order valence-electron chi connectivity index (χ4n) is 7.98. The zero-order chi connectivity index (χ0) is 36.8. The van der Waals surface area contributed by atoms with Gasteiger partial charge in [-0.3, -0.25) is 0 Å². The molecule has 0 aliphatic carbocycles. The Kier molecular flexibility index (Phi) is 8.21. The molecule has 0 bridgehead atoms. The zero-order valence-electron chi connectivity index (χ0n) is 33.4. The topological polar surface area (TPSA) is 6.48 Å². The molecule has 0 saturated carbocycles. The first-order valence-electron chi connectivity index (χ1n) is 19.0. The van der Waals surface area contributed by atoms with Gasteiger partial charge in [-0.25, -0.2) is 0 Å². The molecule has 2 heterocycles. The van der Waals surface area contributed by atoms with Crippen LogP contribution in [0, 0.1) is 0 Å². The first-order valence-corrected chi connectivity index (χ1v) is 19.0. The molecule has 0 atom stereocenters. The maximum Gasteiger partial charge on any atom is 0.252 e. The SMILES string of the molecule is CCc1cc2c3c(c1)N(c1ccc(C(C)(C)C)cc1)c1ccc(C(C)(C)C)cc1B3c1cc(C(C)(C)C)ccc1N2c1ccc(C(C)(C)C)cc1. The van der Waals surface area contributed by atoms with Crippen LogP contribution in [0.3, 0.4) is 0 Å². The molecule has 5 aromatic carbocycles. The summed E-state index contributed by atoms with van der Waals surface area (Å²) in [7, 11) is 0. The summed E-state index contributed by atoms with van der Waals surface area (Å²) >= 11 is 0. The highest BCUT2D eigenvalue weighted by Gasteiger charge is 2.44. The van der Waals surface area contributed by atoms with Crippen LogP contribution in [0.1, 0.15) is 118 Å². The number of rotatable bonds is 3. The van der Waals surface area contributed by atoms with Gasteiger partial charge in [0.2, 0.25) is 0 Å². The highest BCUT2D eigenvalue weighted by molar-refractivity contribution is 7.00. The second kappa shape index (κ2) is 11.9. The highest BCUT2D eigenvalue weighted by Crippen LogP contribution is 2.46. The third-order valence-corrected chi connectivity index (χ3v) is 11.2. The molecule has 0 amide bonds. The summed E-state index contributed by atoms with van der Waals surface area (Å²) in [4.78, 5) is 5.12. The minimum absolute atomic E-state index is 0.0228. The summed E-state index contributed by atoms with van der Waals surface area (Å²) < 4.78 is 0. The molecule has 262 valence electrons. The first-order chi connectivity index (χ1) is 23.8. The minimum atomic E-state index is 0.0228. The smallest absolute Gasteiger partial charge is 0.252 e. The number of hydrogen-bond donors (Lipinski definition) is 0. The van der Waals surface area contributed by atoms with Gasteiger partial charge in [0.25, 0.3) is 6.71 Å². The van der Waals surface area contributed by atoms with Crippen LogP contribution in [0.5, 0.6) is 0 Å². The number of anilines is 6. The molecule has 51 heavy (non-hydrogen) atoms. The summed E-state index contributed by atoms with van der Waals surface area (Å²) in [5, 5.41) is 0. The van der Waals surface area contributed by atoms with Gasteiger partial charge in [0, 0.05) is 34.1 Å². The van der Waals surface area contributed by atoms with Gasteiger partial charge in [-0.1, -0.05) is 139 Å². The Hall–Kier alpha value is -4.24. The molecule has 0 spiro atoms. The Morgan fingerprint density at radius 1 is 0.412 bits per heavy atom. The van der Waals surface area contributed by atoms with Crippen molar-refractivity contribution in [3.05, 3.63) is 125 Å². The Labute approximate surface area is 309 Å². The molecule has 0 N–H and O–H groups in total. The molecule has 0 saturated heterocycles. The van der Waals surface area contributed by atoms with E-state index in [2.05, 4.69) is 197 Å². The van der Waals surface area contributed by atoms with Gasteiger partial charge in [0.15, 0.2) is 0 Å². The summed E-state index contributed by atoms with van der Waals surface area (Å²) in [5.74, 6) is 0. The fraction of sp³-hybridized carbons (Fsp3) is 0.375. The number of aryl methyl sites for hydroxylation is 1. The summed E-state index contributed by atoms with van der Waals surface area (Å²) in [6.07, 6.45) is 0.962. The van der Waals surface area contributed by atoms with Crippen LogP contribution in [0.25, 0.3) is 0 Å². The number of nitrogens with zero attached hydrogens (tertiary/aromatic N) is 2. The van der Waals surface area contributed by atoms with Gasteiger partial charge in [-0.2, -0.15) is 0 Å². The van der Waals surface area contributed by atoms with Crippen molar-refractivity contribution in [2.24, 2.45) is 0 Å². The maximum absolute atomic E-state index is 2.56. The normalized spacial score (nSPS) is 14.3. The van der Waals surface area contributed by atoms with Crippen LogP contribution < -0.4 is 26.2 Å². The van der Waals surface area contributed by atoms with E-state index < -0.39 is 0 Å². The standard InChI is InChI=1S/C48H57BN2/c1-14-31-27-42-44-43(28-31)51(37-23-17-33(18-24-37)46(5,6)7)41-26-20-35(48(11,12)13)30-39(41)49(44)38-29-34(47(8,9)10)19-25-40(38)50(42)36-21-15-32(16-22-36)45(2,3)4/h15-30H,14H2,1-13H3. The van der Waals surface area contributed by atoms with Gasteiger partial charge in [0.05, 0.1) is 0 Å². The van der Waals surface area contributed by atoms with E-state index in [-0.39, 0.29) is 28.4 Å².